The first-order valence-corrected chi connectivity index (χ1v) is 6.00. The van der Waals surface area contributed by atoms with E-state index < -0.39 is 0 Å². The highest BCUT2D eigenvalue weighted by molar-refractivity contribution is 7.16. The molecule has 0 radical (unpaired) electrons. The Hall–Kier alpha value is -1.03. The number of fused-ring (bicyclic) bond motifs is 1. The van der Waals surface area contributed by atoms with E-state index in [1.807, 2.05) is 0 Å². The summed E-state index contributed by atoms with van der Waals surface area (Å²) >= 11 is 1.54. The minimum atomic E-state index is -0.287. The molecule has 3 nitrogen and oxygen atoms in total. The van der Waals surface area contributed by atoms with E-state index in [-0.39, 0.29) is 5.97 Å². The first-order valence-electron chi connectivity index (χ1n) is 5.18. The highest BCUT2D eigenvalue weighted by atomic mass is 32.1. The number of esters is 1. The molecule has 1 aromatic rings. The van der Waals surface area contributed by atoms with Gasteiger partial charge in [-0.2, -0.15) is 0 Å². The van der Waals surface area contributed by atoms with Gasteiger partial charge in [-0.15, -0.1) is 11.3 Å². The van der Waals surface area contributed by atoms with Crippen molar-refractivity contribution in [2.75, 3.05) is 12.8 Å². The molecule has 1 heterocycles. The van der Waals surface area contributed by atoms with Crippen LogP contribution in [-0.2, 0) is 11.2 Å². The van der Waals surface area contributed by atoms with Crippen LogP contribution in [0.2, 0.25) is 0 Å². The number of aryl methyl sites for hydroxylation is 1. The number of anilines is 1. The Balaban J connectivity index is 2.50. The monoisotopic (exact) mass is 225 g/mol. The highest BCUT2D eigenvalue weighted by Gasteiger charge is 2.31. The van der Waals surface area contributed by atoms with Crippen LogP contribution in [0.5, 0.6) is 0 Å². The Bertz CT molecular complexity index is 398. The third-order valence-electron chi connectivity index (χ3n) is 3.06. The molecule has 0 saturated heterocycles. The second kappa shape index (κ2) is 3.85. The van der Waals surface area contributed by atoms with Gasteiger partial charge in [0.15, 0.2) is 0 Å². The van der Waals surface area contributed by atoms with Gasteiger partial charge in [0.25, 0.3) is 0 Å². The van der Waals surface area contributed by atoms with Crippen molar-refractivity contribution in [3.05, 3.63) is 16.0 Å². The number of ether oxygens (including phenoxy) is 1. The van der Waals surface area contributed by atoms with E-state index in [1.165, 1.54) is 12.0 Å². The molecule has 2 rings (SSSR count). The lowest BCUT2D eigenvalue weighted by molar-refractivity contribution is 0.0601. The van der Waals surface area contributed by atoms with Crippen LogP contribution >= 0.6 is 11.3 Å². The number of carbonyl (C=O) groups is 1. The Morgan fingerprint density at radius 2 is 2.40 bits per heavy atom. The molecule has 82 valence electrons. The van der Waals surface area contributed by atoms with E-state index in [0.717, 1.165) is 24.8 Å². The third kappa shape index (κ3) is 1.53. The summed E-state index contributed by atoms with van der Waals surface area (Å²) in [5.41, 5.74) is 7.65. The average molecular weight is 225 g/mol. The quantitative estimate of drug-likeness (QED) is 0.787. The number of nitrogen functional groups attached to an aromatic ring is 1. The predicted octanol–water partition coefficient (Wildman–Crippen LogP) is 2.56. The number of hydrogen-bond donors (Lipinski definition) is 1. The van der Waals surface area contributed by atoms with Crippen LogP contribution < -0.4 is 5.73 Å². The van der Waals surface area contributed by atoms with Gasteiger partial charge in [0.1, 0.15) is 5.00 Å². The molecule has 0 bridgehead atoms. The van der Waals surface area contributed by atoms with E-state index in [4.69, 9.17) is 10.5 Å². The van der Waals surface area contributed by atoms with E-state index in [1.54, 1.807) is 11.3 Å². The molecule has 0 aromatic carbocycles. The second-order valence-electron chi connectivity index (χ2n) is 3.81. The molecule has 15 heavy (non-hydrogen) atoms. The Morgan fingerprint density at radius 1 is 1.67 bits per heavy atom. The van der Waals surface area contributed by atoms with Crippen LogP contribution in [0, 0.1) is 0 Å². The average Bonchev–Trinajstić information content (AvgIpc) is 2.74. The van der Waals surface area contributed by atoms with Crippen LogP contribution in [-0.4, -0.2) is 13.1 Å². The molecule has 0 aliphatic heterocycles. The summed E-state index contributed by atoms with van der Waals surface area (Å²) in [4.78, 5) is 12.9. The van der Waals surface area contributed by atoms with Gasteiger partial charge in [-0.25, -0.2) is 4.79 Å². The fraction of sp³-hybridized carbons (Fsp3) is 0.545. The van der Waals surface area contributed by atoms with E-state index in [2.05, 4.69) is 6.92 Å². The SMILES string of the molecule is CCC1CCc2sc(N)c(C(=O)OC)c21. The van der Waals surface area contributed by atoms with Gasteiger partial charge >= 0.3 is 5.97 Å². The number of hydrogen-bond acceptors (Lipinski definition) is 4. The number of thiophene rings is 1. The molecule has 2 N–H and O–H groups in total. The Morgan fingerprint density at radius 3 is 3.00 bits per heavy atom. The van der Waals surface area contributed by atoms with Crippen molar-refractivity contribution in [1.29, 1.82) is 0 Å². The summed E-state index contributed by atoms with van der Waals surface area (Å²) in [7, 11) is 1.40. The molecule has 4 heteroatoms. The maximum absolute atomic E-state index is 11.6. The number of rotatable bonds is 2. The normalized spacial score (nSPS) is 18.9. The van der Waals surface area contributed by atoms with Gasteiger partial charge in [0.05, 0.1) is 12.7 Å². The van der Waals surface area contributed by atoms with Crippen molar-refractivity contribution in [1.82, 2.24) is 0 Å². The fourth-order valence-electron chi connectivity index (χ4n) is 2.30. The van der Waals surface area contributed by atoms with Crippen LogP contribution in [0.3, 0.4) is 0 Å². The molecule has 1 unspecified atom stereocenters. The Labute approximate surface area is 93.2 Å². The lowest BCUT2D eigenvalue weighted by Gasteiger charge is -2.09. The summed E-state index contributed by atoms with van der Waals surface area (Å²) < 4.78 is 4.78. The molecule has 0 saturated carbocycles. The van der Waals surface area contributed by atoms with Gasteiger partial charge in [-0.05, 0) is 30.7 Å². The van der Waals surface area contributed by atoms with Crippen LogP contribution in [0.1, 0.15) is 46.5 Å². The molecule has 1 aliphatic carbocycles. The van der Waals surface area contributed by atoms with Gasteiger partial charge in [-0.1, -0.05) is 6.92 Å². The molecule has 0 spiro atoms. The molecule has 0 amide bonds. The van der Waals surface area contributed by atoms with Gasteiger partial charge in [0, 0.05) is 4.88 Å². The molecular formula is C11H15NO2S. The van der Waals surface area contributed by atoms with Crippen molar-refractivity contribution >= 4 is 22.3 Å². The fourth-order valence-corrected chi connectivity index (χ4v) is 3.46. The lowest BCUT2D eigenvalue weighted by Crippen LogP contribution is -2.07. The van der Waals surface area contributed by atoms with E-state index in [9.17, 15) is 4.79 Å². The summed E-state index contributed by atoms with van der Waals surface area (Å²) in [5, 5.41) is 0.616. The zero-order chi connectivity index (χ0) is 11.0. The van der Waals surface area contributed by atoms with Gasteiger partial charge in [0.2, 0.25) is 0 Å². The van der Waals surface area contributed by atoms with Gasteiger partial charge in [-0.3, -0.25) is 0 Å². The minimum absolute atomic E-state index is 0.287. The minimum Gasteiger partial charge on any atom is -0.465 e. The van der Waals surface area contributed by atoms with Crippen LogP contribution in [0.4, 0.5) is 5.00 Å². The predicted molar refractivity (Wildman–Crippen MR) is 61.4 cm³/mol. The van der Waals surface area contributed by atoms with Crippen molar-refractivity contribution in [3.8, 4) is 0 Å². The van der Waals surface area contributed by atoms with E-state index >= 15 is 0 Å². The summed E-state index contributed by atoms with van der Waals surface area (Å²) in [6, 6.07) is 0. The lowest BCUT2D eigenvalue weighted by atomic mass is 9.97. The molecule has 1 aromatic heterocycles. The zero-order valence-electron chi connectivity index (χ0n) is 9.00. The van der Waals surface area contributed by atoms with Crippen molar-refractivity contribution in [2.24, 2.45) is 0 Å². The molecule has 1 aliphatic rings. The number of nitrogens with two attached hydrogens (primary N) is 1. The molecule has 1 atom stereocenters. The maximum atomic E-state index is 11.6. The number of carbonyl (C=O) groups excluding carboxylic acids is 1. The largest absolute Gasteiger partial charge is 0.465 e. The zero-order valence-corrected chi connectivity index (χ0v) is 9.82. The topological polar surface area (TPSA) is 52.3 Å². The maximum Gasteiger partial charge on any atom is 0.341 e. The summed E-state index contributed by atoms with van der Waals surface area (Å²) in [6.45, 7) is 2.15. The standard InChI is InChI=1S/C11H15NO2S/c1-3-6-4-5-7-8(6)9(10(12)15-7)11(13)14-2/h6H,3-5,12H2,1-2H3. The second-order valence-corrected chi connectivity index (χ2v) is 4.95. The van der Waals surface area contributed by atoms with Crippen LogP contribution in [0.15, 0.2) is 0 Å². The van der Waals surface area contributed by atoms with Gasteiger partial charge < -0.3 is 10.5 Å². The van der Waals surface area contributed by atoms with E-state index in [0.29, 0.717) is 16.5 Å². The first-order chi connectivity index (χ1) is 7.19. The Kier molecular flexibility index (Phi) is 2.69. The van der Waals surface area contributed by atoms with Crippen molar-refractivity contribution in [2.45, 2.75) is 32.1 Å². The number of methoxy groups -OCH3 is 1. The van der Waals surface area contributed by atoms with Crippen molar-refractivity contribution in [3.63, 3.8) is 0 Å². The summed E-state index contributed by atoms with van der Waals surface area (Å²) in [5.74, 6) is 0.202. The van der Waals surface area contributed by atoms with Crippen molar-refractivity contribution < 1.29 is 9.53 Å². The molecular weight excluding hydrogens is 210 g/mol. The third-order valence-corrected chi connectivity index (χ3v) is 4.15. The first kappa shape index (κ1) is 10.5. The van der Waals surface area contributed by atoms with Crippen LogP contribution in [0.25, 0.3) is 0 Å². The highest BCUT2D eigenvalue weighted by Crippen LogP contribution is 2.45. The smallest absolute Gasteiger partial charge is 0.341 e. The summed E-state index contributed by atoms with van der Waals surface area (Å²) in [6.07, 6.45) is 3.26. The molecule has 0 fully saturated rings.